The molecule has 1 heterocycles. The first kappa shape index (κ1) is 20.2. The van der Waals surface area contributed by atoms with Crippen molar-refractivity contribution in [1.82, 2.24) is 9.78 Å². The zero-order valence-corrected chi connectivity index (χ0v) is 15.7. The minimum atomic E-state index is -4.61. The first-order valence-corrected chi connectivity index (χ1v) is 8.37. The normalized spacial score (nSPS) is 11.4. The molecule has 0 saturated heterocycles. The highest BCUT2D eigenvalue weighted by Crippen LogP contribution is 2.45. The number of halogens is 3. The van der Waals surface area contributed by atoms with Crippen LogP contribution in [0.1, 0.15) is 21.5 Å². The number of aryl methyl sites for hydroxylation is 1. The number of aromatic nitrogens is 2. The highest BCUT2D eigenvalue weighted by atomic mass is 19.4. The predicted molar refractivity (Wildman–Crippen MR) is 98.3 cm³/mol. The van der Waals surface area contributed by atoms with Crippen LogP contribution in [0, 0.1) is 0 Å². The fourth-order valence-electron chi connectivity index (χ4n) is 3.01. The van der Waals surface area contributed by atoms with Crippen LogP contribution in [-0.4, -0.2) is 34.9 Å². The van der Waals surface area contributed by atoms with E-state index < -0.39 is 23.3 Å². The summed E-state index contributed by atoms with van der Waals surface area (Å²) in [6, 6.07) is 6.96. The third kappa shape index (κ3) is 3.63. The lowest BCUT2D eigenvalue weighted by molar-refractivity contribution is -0.137. The average Bonchev–Trinajstić information content (AvgIpc) is 3.11. The van der Waals surface area contributed by atoms with Gasteiger partial charge in [0.2, 0.25) is 5.78 Å². The number of rotatable bonds is 5. The maximum Gasteiger partial charge on any atom is 0.416 e. The number of ketones is 1. The van der Waals surface area contributed by atoms with Gasteiger partial charge < -0.3 is 14.6 Å². The molecule has 0 amide bonds. The molecular formula is C20H17F3N2O4. The lowest BCUT2D eigenvalue weighted by Crippen LogP contribution is -2.10. The number of benzene rings is 2. The van der Waals surface area contributed by atoms with Crippen molar-refractivity contribution >= 4 is 5.78 Å². The van der Waals surface area contributed by atoms with Crippen molar-refractivity contribution in [3.8, 4) is 28.5 Å². The molecule has 0 aliphatic carbocycles. The van der Waals surface area contributed by atoms with Gasteiger partial charge in [0.15, 0.2) is 0 Å². The van der Waals surface area contributed by atoms with Gasteiger partial charge in [-0.3, -0.25) is 9.48 Å². The van der Waals surface area contributed by atoms with Gasteiger partial charge in [-0.25, -0.2) is 0 Å². The van der Waals surface area contributed by atoms with Crippen LogP contribution in [0.5, 0.6) is 17.2 Å². The molecule has 9 heteroatoms. The van der Waals surface area contributed by atoms with Crippen LogP contribution in [0.3, 0.4) is 0 Å². The van der Waals surface area contributed by atoms with Gasteiger partial charge in [-0.2, -0.15) is 18.3 Å². The van der Waals surface area contributed by atoms with E-state index in [1.54, 1.807) is 13.1 Å². The van der Waals surface area contributed by atoms with Crippen molar-refractivity contribution in [3.63, 3.8) is 0 Å². The van der Waals surface area contributed by atoms with E-state index in [9.17, 15) is 23.1 Å². The van der Waals surface area contributed by atoms with Gasteiger partial charge in [-0.15, -0.1) is 0 Å². The molecule has 1 N–H and O–H groups in total. The number of alkyl halides is 3. The molecule has 0 saturated carbocycles. The molecule has 0 aliphatic rings. The summed E-state index contributed by atoms with van der Waals surface area (Å²) in [5.41, 5.74) is -0.871. The molecule has 0 atom stereocenters. The maximum atomic E-state index is 13.1. The number of ether oxygens (including phenoxy) is 2. The number of methoxy groups -OCH3 is 2. The number of carbonyl (C=O) groups excluding carboxylic acids is 1. The summed E-state index contributed by atoms with van der Waals surface area (Å²) >= 11 is 0. The highest BCUT2D eigenvalue weighted by Gasteiger charge is 2.32. The van der Waals surface area contributed by atoms with Crippen molar-refractivity contribution in [2.75, 3.05) is 14.2 Å². The van der Waals surface area contributed by atoms with Gasteiger partial charge in [-0.05, 0) is 18.2 Å². The SMILES string of the molecule is COc1cc(OC)c(-c2ccnn2C)c(O)c1C(=O)c1cccc(C(F)(F)F)c1. The zero-order chi connectivity index (χ0) is 21.3. The molecule has 3 aromatic rings. The standard InChI is InChI=1S/C20H17F3N2O4/c1-25-13(7-8-24-25)16-14(28-2)10-15(29-3)17(19(16)27)18(26)11-5-4-6-12(9-11)20(21,22)23/h4-10,27H,1-3H3. The zero-order valence-electron chi connectivity index (χ0n) is 15.7. The maximum absolute atomic E-state index is 13.1. The molecular weight excluding hydrogens is 389 g/mol. The smallest absolute Gasteiger partial charge is 0.416 e. The van der Waals surface area contributed by atoms with Crippen LogP contribution in [0.25, 0.3) is 11.3 Å². The van der Waals surface area contributed by atoms with Crippen LogP contribution >= 0.6 is 0 Å². The number of hydrogen-bond acceptors (Lipinski definition) is 5. The molecule has 0 unspecified atom stereocenters. The summed E-state index contributed by atoms with van der Waals surface area (Å²) in [4.78, 5) is 13.1. The van der Waals surface area contributed by atoms with E-state index in [0.717, 1.165) is 18.2 Å². The summed E-state index contributed by atoms with van der Waals surface area (Å²) < 4.78 is 51.1. The molecule has 6 nitrogen and oxygen atoms in total. The molecule has 0 fully saturated rings. The molecule has 3 rings (SSSR count). The molecule has 152 valence electrons. The van der Waals surface area contributed by atoms with Crippen LogP contribution < -0.4 is 9.47 Å². The van der Waals surface area contributed by atoms with Crippen LogP contribution in [0.4, 0.5) is 13.2 Å². The highest BCUT2D eigenvalue weighted by molar-refractivity contribution is 6.14. The fraction of sp³-hybridized carbons (Fsp3) is 0.200. The Balaban J connectivity index is 2.24. The van der Waals surface area contributed by atoms with E-state index >= 15 is 0 Å². The van der Waals surface area contributed by atoms with Gasteiger partial charge in [-0.1, -0.05) is 12.1 Å². The third-order valence-corrected chi connectivity index (χ3v) is 4.42. The molecule has 0 radical (unpaired) electrons. The molecule has 0 aliphatic heterocycles. The Hall–Kier alpha value is -3.49. The van der Waals surface area contributed by atoms with Crippen LogP contribution in [0.15, 0.2) is 42.6 Å². The Bertz CT molecular complexity index is 1070. The van der Waals surface area contributed by atoms with Crippen molar-refractivity contribution in [2.45, 2.75) is 6.18 Å². The molecule has 0 spiro atoms. The number of phenolic OH excluding ortho intramolecular Hbond substituents is 1. The van der Waals surface area contributed by atoms with Crippen molar-refractivity contribution in [1.29, 1.82) is 0 Å². The monoisotopic (exact) mass is 406 g/mol. The number of phenols is 1. The van der Waals surface area contributed by atoms with E-state index in [4.69, 9.17) is 9.47 Å². The number of aromatic hydroxyl groups is 1. The van der Waals surface area contributed by atoms with Crippen molar-refractivity contribution in [2.24, 2.45) is 7.05 Å². The fourth-order valence-corrected chi connectivity index (χ4v) is 3.01. The summed E-state index contributed by atoms with van der Waals surface area (Å²) in [6.07, 6.45) is -3.12. The Morgan fingerprint density at radius 3 is 2.34 bits per heavy atom. The molecule has 2 aromatic carbocycles. The lowest BCUT2D eigenvalue weighted by Gasteiger charge is -2.17. The number of carbonyl (C=O) groups is 1. The first-order chi connectivity index (χ1) is 13.7. The minimum absolute atomic E-state index is 0.0346. The number of hydrogen-bond donors (Lipinski definition) is 1. The van der Waals surface area contributed by atoms with Gasteiger partial charge in [0.05, 0.1) is 31.0 Å². The molecule has 29 heavy (non-hydrogen) atoms. The van der Waals surface area contributed by atoms with E-state index in [1.807, 2.05) is 0 Å². The first-order valence-electron chi connectivity index (χ1n) is 8.37. The number of nitrogens with zero attached hydrogens (tertiary/aromatic N) is 2. The van der Waals surface area contributed by atoms with Crippen molar-refractivity contribution < 1.29 is 32.5 Å². The third-order valence-electron chi connectivity index (χ3n) is 4.42. The van der Waals surface area contributed by atoms with Crippen molar-refractivity contribution in [3.05, 3.63) is 59.3 Å². The average molecular weight is 406 g/mol. The van der Waals surface area contributed by atoms with Gasteiger partial charge in [0.1, 0.15) is 22.8 Å². The van der Waals surface area contributed by atoms with Crippen LogP contribution in [-0.2, 0) is 13.2 Å². The van der Waals surface area contributed by atoms with Gasteiger partial charge >= 0.3 is 6.18 Å². The summed E-state index contributed by atoms with van der Waals surface area (Å²) in [5, 5.41) is 15.0. The largest absolute Gasteiger partial charge is 0.506 e. The van der Waals surface area contributed by atoms with Gasteiger partial charge in [0.25, 0.3) is 0 Å². The van der Waals surface area contributed by atoms with E-state index in [0.29, 0.717) is 5.69 Å². The second kappa shape index (κ2) is 7.50. The minimum Gasteiger partial charge on any atom is -0.506 e. The second-order valence-electron chi connectivity index (χ2n) is 6.13. The Kier molecular flexibility index (Phi) is 5.23. The summed E-state index contributed by atoms with van der Waals surface area (Å²) in [6.45, 7) is 0. The summed E-state index contributed by atoms with van der Waals surface area (Å²) in [5.74, 6) is -1.13. The Morgan fingerprint density at radius 1 is 1.10 bits per heavy atom. The Morgan fingerprint density at radius 2 is 1.79 bits per heavy atom. The molecule has 0 bridgehead atoms. The van der Waals surface area contributed by atoms with Gasteiger partial charge in [0, 0.05) is 24.9 Å². The van der Waals surface area contributed by atoms with Crippen LogP contribution in [0.2, 0.25) is 0 Å². The topological polar surface area (TPSA) is 73.6 Å². The van der Waals surface area contributed by atoms with E-state index in [2.05, 4.69) is 5.10 Å². The summed E-state index contributed by atoms with van der Waals surface area (Å²) in [7, 11) is 4.29. The van der Waals surface area contributed by atoms with E-state index in [-0.39, 0.29) is 28.2 Å². The second-order valence-corrected chi connectivity index (χ2v) is 6.13. The van der Waals surface area contributed by atoms with E-state index in [1.165, 1.54) is 37.2 Å². The quantitative estimate of drug-likeness (QED) is 0.647. The molecule has 1 aromatic heterocycles. The predicted octanol–water partition coefficient (Wildman–Crippen LogP) is 4.06. The lowest BCUT2D eigenvalue weighted by atomic mass is 9.95. The Labute approximate surface area is 164 Å².